The molecule has 1 aromatic carbocycles. The van der Waals surface area contributed by atoms with Gasteiger partial charge in [0.15, 0.2) is 0 Å². The number of benzene rings is 1. The minimum Gasteiger partial charge on any atom is -0.376 e. The molecule has 140 valence electrons. The zero-order valence-corrected chi connectivity index (χ0v) is 15.3. The van der Waals surface area contributed by atoms with Gasteiger partial charge < -0.3 is 14.8 Å². The average Bonchev–Trinajstić information content (AvgIpc) is 3.27. The third kappa shape index (κ3) is 4.42. The number of amides is 1. The van der Waals surface area contributed by atoms with Crippen LogP contribution in [0.15, 0.2) is 40.3 Å². The lowest BCUT2D eigenvalue weighted by molar-refractivity contribution is -0.121. The fraction of sp³-hybridized carbons (Fsp3) is 0.375. The third-order valence-electron chi connectivity index (χ3n) is 3.84. The van der Waals surface area contributed by atoms with Crippen LogP contribution in [0.5, 0.6) is 0 Å². The van der Waals surface area contributed by atoms with Gasteiger partial charge in [-0.15, -0.1) is 0 Å². The van der Waals surface area contributed by atoms with E-state index >= 15 is 0 Å². The maximum atomic E-state index is 12.7. The molecule has 1 aliphatic rings. The van der Waals surface area contributed by atoms with E-state index in [-0.39, 0.29) is 28.3 Å². The van der Waals surface area contributed by atoms with Crippen molar-refractivity contribution in [1.29, 1.82) is 0 Å². The molecule has 0 radical (unpaired) electrons. The van der Waals surface area contributed by atoms with Crippen LogP contribution < -0.4 is 5.32 Å². The van der Waals surface area contributed by atoms with E-state index in [1.165, 1.54) is 24.3 Å². The largest absolute Gasteiger partial charge is 0.376 e. The van der Waals surface area contributed by atoms with Crippen LogP contribution in [0.25, 0.3) is 0 Å². The fourth-order valence-electron chi connectivity index (χ4n) is 2.54. The number of H-pyrrole nitrogens is 1. The van der Waals surface area contributed by atoms with Crippen molar-refractivity contribution >= 4 is 33.2 Å². The summed E-state index contributed by atoms with van der Waals surface area (Å²) in [5.41, 5.74) is 0. The average molecular weight is 400 g/mol. The van der Waals surface area contributed by atoms with Gasteiger partial charge in [0.2, 0.25) is 9.84 Å². The number of sulfone groups is 1. The molecule has 1 aliphatic heterocycles. The summed E-state index contributed by atoms with van der Waals surface area (Å²) in [5.74, 6) is -0.495. The topological polar surface area (TPSA) is 110 Å². The van der Waals surface area contributed by atoms with Gasteiger partial charge in [-0.3, -0.25) is 9.89 Å². The first-order valence-corrected chi connectivity index (χ1v) is 9.86. The molecule has 0 saturated carbocycles. The highest BCUT2D eigenvalue weighted by Gasteiger charge is 2.24. The highest BCUT2D eigenvalue weighted by molar-refractivity contribution is 7.91. The molecule has 0 aliphatic carbocycles. The number of hydrogen-bond donors (Lipinski definition) is 2. The number of aromatic nitrogens is 2. The van der Waals surface area contributed by atoms with Crippen LogP contribution in [0, 0.1) is 0 Å². The quantitative estimate of drug-likeness (QED) is 0.737. The molecule has 2 N–H and O–H groups in total. The summed E-state index contributed by atoms with van der Waals surface area (Å²) in [6.07, 6.45) is 3.05. The maximum Gasteiger partial charge on any atom is 0.251 e. The monoisotopic (exact) mass is 399 g/mol. The van der Waals surface area contributed by atoms with E-state index in [0.29, 0.717) is 18.2 Å². The Morgan fingerprint density at radius 1 is 1.38 bits per heavy atom. The molecule has 1 atom stereocenters. The number of carbonyl (C=O) groups excluding carboxylic acids is 1. The van der Waals surface area contributed by atoms with Crippen LogP contribution in [0.2, 0.25) is 5.02 Å². The molecular formula is C16H18ClN3O5S. The molecule has 2 aromatic rings. The van der Waals surface area contributed by atoms with Crippen LogP contribution in [-0.2, 0) is 24.1 Å². The summed E-state index contributed by atoms with van der Waals surface area (Å²) in [5, 5.41) is 9.11. The molecule has 1 amide bonds. The number of anilines is 1. The summed E-state index contributed by atoms with van der Waals surface area (Å²) in [6.45, 7) is 0.825. The van der Waals surface area contributed by atoms with Gasteiger partial charge >= 0.3 is 0 Å². The van der Waals surface area contributed by atoms with Crippen LogP contribution in [0.3, 0.4) is 0 Å². The van der Waals surface area contributed by atoms with Crippen molar-refractivity contribution < 1.29 is 22.7 Å². The second kappa shape index (κ2) is 8.17. The summed E-state index contributed by atoms with van der Waals surface area (Å²) in [6, 6.07) is 5.74. The van der Waals surface area contributed by atoms with E-state index in [9.17, 15) is 13.2 Å². The first kappa shape index (κ1) is 18.8. The van der Waals surface area contributed by atoms with Gasteiger partial charge in [0.25, 0.3) is 5.91 Å². The molecule has 10 heteroatoms. The molecule has 0 spiro atoms. The van der Waals surface area contributed by atoms with Gasteiger partial charge in [-0.2, -0.15) is 5.10 Å². The number of hydrogen-bond acceptors (Lipinski definition) is 6. The summed E-state index contributed by atoms with van der Waals surface area (Å²) < 4.78 is 36.1. The number of nitrogens with zero attached hydrogens (tertiary/aromatic N) is 1. The molecule has 8 nitrogen and oxygen atoms in total. The molecule has 1 aromatic heterocycles. The zero-order valence-electron chi connectivity index (χ0n) is 13.8. The number of halogens is 1. The molecule has 3 rings (SSSR count). The van der Waals surface area contributed by atoms with E-state index in [0.717, 1.165) is 19.0 Å². The summed E-state index contributed by atoms with van der Waals surface area (Å²) in [4.78, 5) is 11.9. The molecule has 1 fully saturated rings. The van der Waals surface area contributed by atoms with Crippen molar-refractivity contribution in [1.82, 2.24) is 10.2 Å². The second-order valence-corrected chi connectivity index (χ2v) is 8.12. The predicted molar refractivity (Wildman–Crippen MR) is 93.9 cm³/mol. The van der Waals surface area contributed by atoms with Crippen LogP contribution in [0.1, 0.15) is 12.8 Å². The Labute approximate surface area is 155 Å². The molecule has 26 heavy (non-hydrogen) atoms. The Balaban J connectivity index is 1.64. The van der Waals surface area contributed by atoms with Crippen LogP contribution >= 0.6 is 11.6 Å². The maximum absolute atomic E-state index is 12.7. The number of carbonyl (C=O) groups is 1. The standard InChI is InChI=1S/C16H18ClN3O5S/c17-11-3-5-13(6-4-11)26(22,23)14-8-18-20-16(14)19-15(21)10-24-9-12-2-1-7-25-12/h3-6,8,12H,1-2,7,9-10H2,(H2,18,19,20,21). The zero-order chi connectivity index (χ0) is 18.6. The highest BCUT2D eigenvalue weighted by Crippen LogP contribution is 2.26. The van der Waals surface area contributed by atoms with Gasteiger partial charge in [0.1, 0.15) is 17.3 Å². The number of aromatic amines is 1. The van der Waals surface area contributed by atoms with Gasteiger partial charge in [-0.25, -0.2) is 8.42 Å². The lowest BCUT2D eigenvalue weighted by Crippen LogP contribution is -2.23. The number of ether oxygens (including phenoxy) is 2. The molecular weight excluding hydrogens is 382 g/mol. The van der Waals surface area contributed by atoms with E-state index in [2.05, 4.69) is 15.5 Å². The third-order valence-corrected chi connectivity index (χ3v) is 5.88. The van der Waals surface area contributed by atoms with E-state index in [1.807, 2.05) is 0 Å². The smallest absolute Gasteiger partial charge is 0.251 e. The van der Waals surface area contributed by atoms with E-state index < -0.39 is 15.7 Å². The van der Waals surface area contributed by atoms with Crippen molar-refractivity contribution in [3.05, 3.63) is 35.5 Å². The molecule has 1 unspecified atom stereocenters. The van der Waals surface area contributed by atoms with Crippen molar-refractivity contribution in [2.75, 3.05) is 25.1 Å². The minimum atomic E-state index is -3.85. The van der Waals surface area contributed by atoms with Crippen molar-refractivity contribution in [3.8, 4) is 0 Å². The van der Waals surface area contributed by atoms with Crippen molar-refractivity contribution in [3.63, 3.8) is 0 Å². The predicted octanol–water partition coefficient (Wildman–Crippen LogP) is 2.03. The Morgan fingerprint density at radius 2 is 2.15 bits per heavy atom. The number of nitrogens with one attached hydrogen (secondary N) is 2. The molecule has 0 bridgehead atoms. The first-order chi connectivity index (χ1) is 12.5. The normalized spacial score (nSPS) is 17.3. The van der Waals surface area contributed by atoms with Crippen LogP contribution in [-0.4, -0.2) is 50.4 Å². The fourth-order valence-corrected chi connectivity index (χ4v) is 3.97. The number of rotatable bonds is 7. The lowest BCUT2D eigenvalue weighted by Gasteiger charge is -2.10. The van der Waals surface area contributed by atoms with Gasteiger partial charge in [-0.05, 0) is 37.1 Å². The second-order valence-electron chi connectivity index (χ2n) is 5.76. The molecule has 2 heterocycles. The van der Waals surface area contributed by atoms with Gasteiger partial charge in [0, 0.05) is 11.6 Å². The Bertz CT molecular complexity index is 860. The van der Waals surface area contributed by atoms with Gasteiger partial charge in [0.05, 0.1) is 23.8 Å². The SMILES string of the molecule is O=C(COCC1CCCO1)Nc1[nH]ncc1S(=O)(=O)c1ccc(Cl)cc1. The lowest BCUT2D eigenvalue weighted by atomic mass is 10.2. The Hall–Kier alpha value is -1.94. The Kier molecular flexibility index (Phi) is 5.92. The van der Waals surface area contributed by atoms with E-state index in [4.69, 9.17) is 21.1 Å². The Morgan fingerprint density at radius 3 is 2.85 bits per heavy atom. The summed E-state index contributed by atoms with van der Waals surface area (Å²) in [7, 11) is -3.85. The van der Waals surface area contributed by atoms with Crippen molar-refractivity contribution in [2.45, 2.75) is 28.7 Å². The van der Waals surface area contributed by atoms with Gasteiger partial charge in [-0.1, -0.05) is 11.6 Å². The van der Waals surface area contributed by atoms with Crippen LogP contribution in [0.4, 0.5) is 5.82 Å². The summed E-state index contributed by atoms with van der Waals surface area (Å²) >= 11 is 5.79. The molecule has 1 saturated heterocycles. The first-order valence-electron chi connectivity index (χ1n) is 8.00. The highest BCUT2D eigenvalue weighted by atomic mass is 35.5. The van der Waals surface area contributed by atoms with Crippen molar-refractivity contribution in [2.24, 2.45) is 0 Å². The minimum absolute atomic E-state index is 0.00864. The van der Waals surface area contributed by atoms with E-state index in [1.54, 1.807) is 0 Å².